The standard InChI is InChI=1S/C18H24ClN3O.C17H22N2O4/c1-6-14-15(19)16(22(5)21-14)17(23)20-11-12-7-9-13(10-8-12)18(2,3)4;1-6-7-18-9-13(20)19(16(18)22)10-23-15(21)14-12(8-11(2)3)17(14,4)5/h7-10H,6,11H2,1-5H3,(H,20,23);1,8,12,14H,7,9-10H2,2-5H3. The average molecular weight is 652 g/mol. The zero-order chi connectivity index (χ0) is 34.6. The molecule has 4 amide bonds. The summed E-state index contributed by atoms with van der Waals surface area (Å²) in [6.07, 6.45) is 7.92. The summed E-state index contributed by atoms with van der Waals surface area (Å²) in [4.78, 5) is 50.5. The van der Waals surface area contributed by atoms with Gasteiger partial charge in [-0.05, 0) is 48.1 Å². The van der Waals surface area contributed by atoms with Crippen molar-refractivity contribution in [2.24, 2.45) is 24.3 Å². The minimum absolute atomic E-state index is 0.0628. The molecule has 1 aliphatic carbocycles. The molecule has 2 aromatic rings. The van der Waals surface area contributed by atoms with E-state index in [4.69, 9.17) is 22.8 Å². The van der Waals surface area contributed by atoms with E-state index < -0.39 is 11.9 Å². The van der Waals surface area contributed by atoms with E-state index >= 15 is 0 Å². The van der Waals surface area contributed by atoms with E-state index in [0.29, 0.717) is 23.7 Å². The van der Waals surface area contributed by atoms with Crippen molar-refractivity contribution in [3.63, 3.8) is 0 Å². The molecular weight excluding hydrogens is 606 g/mol. The van der Waals surface area contributed by atoms with E-state index in [0.717, 1.165) is 21.7 Å². The number of nitrogens with zero attached hydrogens (tertiary/aromatic N) is 4. The number of carbonyl (C=O) groups is 4. The minimum atomic E-state index is -0.517. The molecule has 11 heteroatoms. The molecule has 1 saturated carbocycles. The second-order valence-electron chi connectivity index (χ2n) is 13.5. The molecule has 2 heterocycles. The van der Waals surface area contributed by atoms with Crippen LogP contribution in [0.4, 0.5) is 4.79 Å². The van der Waals surface area contributed by atoms with Crippen LogP contribution < -0.4 is 5.32 Å². The lowest BCUT2D eigenvalue weighted by molar-refractivity contribution is -0.151. The number of halogens is 1. The maximum absolute atomic E-state index is 12.4. The highest BCUT2D eigenvalue weighted by atomic mass is 35.5. The number of amides is 4. The second-order valence-corrected chi connectivity index (χ2v) is 13.9. The van der Waals surface area contributed by atoms with Gasteiger partial charge in [0.05, 0.1) is 23.2 Å². The van der Waals surface area contributed by atoms with Crippen molar-refractivity contribution in [3.05, 3.63) is 63.5 Å². The quantitative estimate of drug-likeness (QED) is 0.166. The number of rotatable bonds is 9. The molecule has 4 rings (SSSR count). The number of benzene rings is 1. The maximum atomic E-state index is 12.4. The molecule has 0 radical (unpaired) electrons. The third-order valence-electron chi connectivity index (χ3n) is 8.30. The Morgan fingerprint density at radius 2 is 1.83 bits per heavy atom. The fourth-order valence-corrected chi connectivity index (χ4v) is 5.77. The number of terminal acetylenes is 1. The van der Waals surface area contributed by atoms with Gasteiger partial charge in [-0.3, -0.25) is 19.1 Å². The van der Waals surface area contributed by atoms with Crippen molar-refractivity contribution in [1.29, 1.82) is 0 Å². The normalized spacial score (nSPS) is 18.4. The molecule has 0 spiro atoms. The molecule has 2 atom stereocenters. The topological polar surface area (TPSA) is 114 Å². The molecule has 10 nitrogen and oxygen atoms in total. The van der Waals surface area contributed by atoms with Gasteiger partial charge in [0, 0.05) is 13.6 Å². The summed E-state index contributed by atoms with van der Waals surface area (Å²) in [5.41, 5.74) is 4.59. The number of hydrogen-bond acceptors (Lipinski definition) is 6. The van der Waals surface area contributed by atoms with E-state index in [-0.39, 0.29) is 54.4 Å². The molecule has 0 bridgehead atoms. The Labute approximate surface area is 277 Å². The van der Waals surface area contributed by atoms with Crippen LogP contribution in [0.5, 0.6) is 0 Å². The van der Waals surface area contributed by atoms with Gasteiger partial charge >= 0.3 is 12.0 Å². The number of urea groups is 1. The Hall–Kier alpha value is -4.10. The molecule has 2 unspecified atom stereocenters. The lowest BCUT2D eigenvalue weighted by Crippen LogP contribution is -2.36. The van der Waals surface area contributed by atoms with Gasteiger partial charge in [0.25, 0.3) is 11.8 Å². The van der Waals surface area contributed by atoms with Crippen LogP contribution >= 0.6 is 11.6 Å². The number of hydrogen-bond donors (Lipinski definition) is 1. The van der Waals surface area contributed by atoms with E-state index in [1.54, 1.807) is 11.7 Å². The number of aromatic nitrogens is 2. The van der Waals surface area contributed by atoms with Gasteiger partial charge in [0.1, 0.15) is 12.2 Å². The van der Waals surface area contributed by atoms with Gasteiger partial charge in [0.15, 0.2) is 6.73 Å². The van der Waals surface area contributed by atoms with Crippen LogP contribution in [-0.2, 0) is 39.8 Å². The van der Waals surface area contributed by atoms with Crippen LogP contribution in [0.15, 0.2) is 35.9 Å². The van der Waals surface area contributed by atoms with E-state index in [1.165, 1.54) is 10.5 Å². The van der Waals surface area contributed by atoms with Crippen LogP contribution in [0.2, 0.25) is 5.02 Å². The van der Waals surface area contributed by atoms with Crippen molar-refractivity contribution < 1.29 is 23.9 Å². The first-order valence-electron chi connectivity index (χ1n) is 15.4. The van der Waals surface area contributed by atoms with Gasteiger partial charge in [-0.25, -0.2) is 9.69 Å². The summed E-state index contributed by atoms with van der Waals surface area (Å²) in [6.45, 7) is 16.6. The SMILES string of the molecule is C#CCN1CC(=O)N(COC(=O)C2C(C=C(C)C)C2(C)C)C1=O.CCc1nn(C)c(C(=O)NCc2ccc(C(C)(C)C)cc2)c1Cl. The highest BCUT2D eigenvalue weighted by Gasteiger charge is 2.61. The third kappa shape index (κ3) is 8.38. The van der Waals surface area contributed by atoms with Gasteiger partial charge < -0.3 is 15.0 Å². The Morgan fingerprint density at radius 3 is 2.35 bits per heavy atom. The smallest absolute Gasteiger partial charge is 0.330 e. The first-order valence-corrected chi connectivity index (χ1v) is 15.7. The van der Waals surface area contributed by atoms with Gasteiger partial charge in [-0.15, -0.1) is 6.42 Å². The molecular formula is C35H46ClN5O5. The molecule has 2 aliphatic rings. The van der Waals surface area contributed by atoms with Crippen molar-refractivity contribution in [3.8, 4) is 12.3 Å². The largest absolute Gasteiger partial charge is 0.443 e. The zero-order valence-corrected chi connectivity index (χ0v) is 29.1. The number of carbonyl (C=O) groups excluding carboxylic acids is 4. The van der Waals surface area contributed by atoms with Gasteiger partial charge in [0.2, 0.25) is 0 Å². The molecule has 1 aliphatic heterocycles. The maximum Gasteiger partial charge on any atom is 0.330 e. The van der Waals surface area contributed by atoms with Crippen molar-refractivity contribution in [2.75, 3.05) is 19.8 Å². The summed E-state index contributed by atoms with van der Waals surface area (Å²) in [7, 11) is 1.73. The molecule has 46 heavy (non-hydrogen) atoms. The monoisotopic (exact) mass is 651 g/mol. The molecule has 1 N–H and O–H groups in total. The highest BCUT2D eigenvalue weighted by molar-refractivity contribution is 6.34. The van der Waals surface area contributed by atoms with E-state index in [9.17, 15) is 19.2 Å². The number of esters is 1. The molecule has 1 aromatic heterocycles. The first kappa shape index (κ1) is 36.4. The number of ether oxygens (including phenoxy) is 1. The Morgan fingerprint density at radius 1 is 1.20 bits per heavy atom. The minimum Gasteiger partial charge on any atom is -0.443 e. The van der Waals surface area contributed by atoms with Crippen LogP contribution in [0.25, 0.3) is 0 Å². The summed E-state index contributed by atoms with van der Waals surface area (Å²) >= 11 is 6.23. The first-order chi connectivity index (χ1) is 21.4. The number of imide groups is 1. The van der Waals surface area contributed by atoms with Crippen LogP contribution in [-0.4, -0.2) is 63.2 Å². The lowest BCUT2D eigenvalue weighted by atomic mass is 9.87. The van der Waals surface area contributed by atoms with Crippen molar-refractivity contribution >= 4 is 35.4 Å². The summed E-state index contributed by atoms with van der Waals surface area (Å²) < 4.78 is 6.74. The Balaban J connectivity index is 0.000000250. The van der Waals surface area contributed by atoms with Crippen LogP contribution in [0.3, 0.4) is 0 Å². The molecule has 248 valence electrons. The van der Waals surface area contributed by atoms with Crippen molar-refractivity contribution in [2.45, 2.75) is 73.8 Å². The van der Waals surface area contributed by atoms with Crippen LogP contribution in [0, 0.1) is 29.6 Å². The number of allylic oxidation sites excluding steroid dienone is 2. The van der Waals surface area contributed by atoms with E-state index in [2.05, 4.69) is 55.3 Å². The van der Waals surface area contributed by atoms with E-state index in [1.807, 2.05) is 46.8 Å². The zero-order valence-electron chi connectivity index (χ0n) is 28.4. The fraction of sp³-hybridized carbons (Fsp3) is 0.514. The molecule has 1 aromatic carbocycles. The average Bonchev–Trinajstić information content (AvgIpc) is 3.20. The summed E-state index contributed by atoms with van der Waals surface area (Å²) in [6, 6.07) is 7.78. The number of aryl methyl sites for hydroxylation is 2. The fourth-order valence-electron chi connectivity index (χ4n) is 5.39. The van der Waals surface area contributed by atoms with Crippen molar-refractivity contribution in [1.82, 2.24) is 24.9 Å². The predicted molar refractivity (Wildman–Crippen MR) is 178 cm³/mol. The van der Waals surface area contributed by atoms with Gasteiger partial charge in [-0.2, -0.15) is 5.10 Å². The molecule has 2 fully saturated rings. The van der Waals surface area contributed by atoms with Gasteiger partial charge in [-0.1, -0.05) is 95.0 Å². The highest BCUT2D eigenvalue weighted by Crippen LogP contribution is 2.59. The second kappa shape index (κ2) is 14.5. The third-order valence-corrected chi connectivity index (χ3v) is 8.70. The number of nitrogens with one attached hydrogen (secondary N) is 1. The Bertz CT molecular complexity index is 1540. The van der Waals surface area contributed by atoms with Crippen LogP contribution in [0.1, 0.15) is 82.7 Å². The predicted octanol–water partition coefficient (Wildman–Crippen LogP) is 5.49. The lowest BCUT2D eigenvalue weighted by Gasteiger charge is -2.19. The summed E-state index contributed by atoms with van der Waals surface area (Å²) in [5.74, 6) is 1.21. The summed E-state index contributed by atoms with van der Waals surface area (Å²) in [5, 5.41) is 7.62. The molecule has 1 saturated heterocycles. The Kier molecular flexibility index (Phi) is 11.5.